The highest BCUT2D eigenvalue weighted by Crippen LogP contribution is 2.16. The molecule has 2 aromatic rings. The van der Waals surface area contributed by atoms with E-state index in [4.69, 9.17) is 5.73 Å². The number of carbonyl (C=O) groups excluding carboxylic acids is 2. The molecule has 1 aromatic heterocycles. The largest absolute Gasteiger partial charge is 0.351 e. The van der Waals surface area contributed by atoms with Gasteiger partial charge in [-0.25, -0.2) is 0 Å². The predicted molar refractivity (Wildman–Crippen MR) is 83.7 cm³/mol. The summed E-state index contributed by atoms with van der Waals surface area (Å²) in [6.07, 6.45) is 3.16. The molecular formula is C15H19N5O2. The molecule has 0 spiro atoms. The molecule has 0 radical (unpaired) electrons. The number of para-hydroxylation sites is 1. The second kappa shape index (κ2) is 7.37. The summed E-state index contributed by atoms with van der Waals surface area (Å²) in [6.45, 7) is 3.36. The summed E-state index contributed by atoms with van der Waals surface area (Å²) in [5, 5.41) is 9.48. The zero-order valence-corrected chi connectivity index (χ0v) is 12.4. The van der Waals surface area contributed by atoms with Crippen molar-refractivity contribution in [1.29, 1.82) is 0 Å². The van der Waals surface area contributed by atoms with Gasteiger partial charge in [-0.2, -0.15) is 5.10 Å². The van der Waals surface area contributed by atoms with E-state index in [-0.39, 0.29) is 11.8 Å². The molecule has 0 saturated heterocycles. The van der Waals surface area contributed by atoms with E-state index in [0.29, 0.717) is 36.4 Å². The third-order valence-corrected chi connectivity index (χ3v) is 3.07. The minimum absolute atomic E-state index is 0.273. The van der Waals surface area contributed by atoms with Gasteiger partial charge in [0, 0.05) is 25.8 Å². The molecule has 7 nitrogen and oxygen atoms in total. The molecule has 0 aliphatic heterocycles. The molecule has 2 rings (SSSR count). The fourth-order valence-corrected chi connectivity index (χ4v) is 1.92. The van der Waals surface area contributed by atoms with Crippen molar-refractivity contribution < 1.29 is 9.59 Å². The summed E-state index contributed by atoms with van der Waals surface area (Å²) < 4.78 is 1.66. The Hall–Kier alpha value is -2.67. The Balaban J connectivity index is 2.15. The fraction of sp³-hybridized carbons (Fsp3) is 0.267. The fourth-order valence-electron chi connectivity index (χ4n) is 1.92. The van der Waals surface area contributed by atoms with Gasteiger partial charge in [-0.1, -0.05) is 12.1 Å². The molecule has 1 aromatic carbocycles. The van der Waals surface area contributed by atoms with Crippen molar-refractivity contribution in [1.82, 2.24) is 15.1 Å². The first kappa shape index (κ1) is 15.7. The van der Waals surface area contributed by atoms with Crippen molar-refractivity contribution >= 4 is 17.5 Å². The van der Waals surface area contributed by atoms with Gasteiger partial charge in [0.2, 0.25) is 0 Å². The van der Waals surface area contributed by atoms with E-state index >= 15 is 0 Å². The van der Waals surface area contributed by atoms with E-state index in [9.17, 15) is 9.59 Å². The maximum atomic E-state index is 12.2. The van der Waals surface area contributed by atoms with E-state index in [2.05, 4.69) is 15.7 Å². The summed E-state index contributed by atoms with van der Waals surface area (Å²) in [5.74, 6) is -0.579. The molecule has 1 heterocycles. The van der Waals surface area contributed by atoms with Crippen LogP contribution >= 0.6 is 0 Å². The highest BCUT2D eigenvalue weighted by atomic mass is 16.2. The molecule has 0 aliphatic carbocycles. The predicted octanol–water partition coefficient (Wildman–Crippen LogP) is 0.844. The molecule has 0 bridgehead atoms. The van der Waals surface area contributed by atoms with Crippen LogP contribution in [-0.2, 0) is 6.54 Å². The first-order valence-corrected chi connectivity index (χ1v) is 7.06. The van der Waals surface area contributed by atoms with Crippen LogP contribution in [0.1, 0.15) is 27.6 Å². The lowest BCUT2D eigenvalue weighted by Crippen LogP contribution is -2.29. The maximum Gasteiger partial charge on any atom is 0.258 e. The number of nitrogens with zero attached hydrogens (tertiary/aromatic N) is 2. The van der Waals surface area contributed by atoms with Crippen LogP contribution < -0.4 is 16.4 Å². The van der Waals surface area contributed by atoms with Crippen LogP contribution in [0.5, 0.6) is 0 Å². The SMILES string of the molecule is CCn1cc(C(=O)Nc2ccccc2C(=O)NCCN)cn1. The van der Waals surface area contributed by atoms with Crippen LogP contribution in [0, 0.1) is 0 Å². The average molecular weight is 301 g/mol. The first-order valence-electron chi connectivity index (χ1n) is 7.06. The van der Waals surface area contributed by atoms with E-state index in [1.807, 2.05) is 6.92 Å². The van der Waals surface area contributed by atoms with Crippen LogP contribution in [0.15, 0.2) is 36.7 Å². The number of nitrogens with one attached hydrogen (secondary N) is 2. The number of aryl methyl sites for hydroxylation is 1. The maximum absolute atomic E-state index is 12.2. The summed E-state index contributed by atoms with van der Waals surface area (Å²) in [5.41, 5.74) is 6.66. The van der Waals surface area contributed by atoms with E-state index in [0.717, 1.165) is 0 Å². The van der Waals surface area contributed by atoms with Gasteiger partial charge in [0.15, 0.2) is 0 Å². The summed E-state index contributed by atoms with van der Waals surface area (Å²) in [4.78, 5) is 24.3. The van der Waals surface area contributed by atoms with Gasteiger partial charge in [-0.15, -0.1) is 0 Å². The van der Waals surface area contributed by atoms with E-state index in [1.165, 1.54) is 6.20 Å². The van der Waals surface area contributed by atoms with Crippen molar-refractivity contribution in [2.75, 3.05) is 18.4 Å². The van der Waals surface area contributed by atoms with Crippen LogP contribution in [-0.4, -0.2) is 34.7 Å². The number of aromatic nitrogens is 2. The highest BCUT2D eigenvalue weighted by Gasteiger charge is 2.14. The summed E-state index contributed by atoms with van der Waals surface area (Å²) >= 11 is 0. The first-order chi connectivity index (χ1) is 10.7. The van der Waals surface area contributed by atoms with Crippen LogP contribution in [0.25, 0.3) is 0 Å². The molecule has 7 heteroatoms. The van der Waals surface area contributed by atoms with Crippen LogP contribution in [0.4, 0.5) is 5.69 Å². The Morgan fingerprint density at radius 1 is 1.27 bits per heavy atom. The van der Waals surface area contributed by atoms with Gasteiger partial charge < -0.3 is 16.4 Å². The van der Waals surface area contributed by atoms with Crippen molar-refractivity contribution in [3.63, 3.8) is 0 Å². The number of nitrogens with two attached hydrogens (primary N) is 1. The van der Waals surface area contributed by atoms with Gasteiger partial charge in [-0.05, 0) is 19.1 Å². The monoisotopic (exact) mass is 301 g/mol. The molecule has 116 valence electrons. The van der Waals surface area contributed by atoms with Gasteiger partial charge in [0.1, 0.15) is 0 Å². The Kier molecular flexibility index (Phi) is 5.26. The molecule has 0 unspecified atom stereocenters. The van der Waals surface area contributed by atoms with Gasteiger partial charge >= 0.3 is 0 Å². The lowest BCUT2D eigenvalue weighted by molar-refractivity contribution is 0.0955. The van der Waals surface area contributed by atoms with Gasteiger partial charge in [0.05, 0.1) is 23.0 Å². The van der Waals surface area contributed by atoms with Crippen molar-refractivity contribution in [3.05, 3.63) is 47.8 Å². The Bertz CT molecular complexity index is 665. The number of hydrogen-bond donors (Lipinski definition) is 3. The van der Waals surface area contributed by atoms with Crippen molar-refractivity contribution in [2.45, 2.75) is 13.5 Å². The Morgan fingerprint density at radius 2 is 2.05 bits per heavy atom. The zero-order valence-electron chi connectivity index (χ0n) is 12.4. The Morgan fingerprint density at radius 3 is 2.73 bits per heavy atom. The minimum Gasteiger partial charge on any atom is -0.351 e. The molecular weight excluding hydrogens is 282 g/mol. The lowest BCUT2D eigenvalue weighted by Gasteiger charge is -2.10. The molecule has 22 heavy (non-hydrogen) atoms. The Labute approximate surface area is 128 Å². The second-order valence-corrected chi connectivity index (χ2v) is 4.63. The third kappa shape index (κ3) is 3.70. The van der Waals surface area contributed by atoms with Crippen LogP contribution in [0.2, 0.25) is 0 Å². The smallest absolute Gasteiger partial charge is 0.258 e. The van der Waals surface area contributed by atoms with Crippen molar-refractivity contribution in [2.24, 2.45) is 5.73 Å². The molecule has 0 atom stereocenters. The number of amides is 2. The standard InChI is InChI=1S/C15H19N5O2/c1-2-20-10-11(9-18-20)14(21)19-13-6-4-3-5-12(13)15(22)17-8-7-16/h3-6,9-10H,2,7-8,16H2,1H3,(H,17,22)(H,19,21). The van der Waals surface area contributed by atoms with E-state index in [1.54, 1.807) is 35.1 Å². The van der Waals surface area contributed by atoms with Crippen LogP contribution in [0.3, 0.4) is 0 Å². The number of rotatable bonds is 6. The number of carbonyl (C=O) groups is 2. The topological polar surface area (TPSA) is 102 Å². The normalized spacial score (nSPS) is 10.3. The number of benzene rings is 1. The quantitative estimate of drug-likeness (QED) is 0.736. The average Bonchev–Trinajstić information content (AvgIpc) is 3.02. The second-order valence-electron chi connectivity index (χ2n) is 4.63. The van der Waals surface area contributed by atoms with Gasteiger partial charge in [-0.3, -0.25) is 14.3 Å². The molecule has 0 saturated carbocycles. The zero-order chi connectivity index (χ0) is 15.9. The number of anilines is 1. The molecule has 0 fully saturated rings. The third-order valence-electron chi connectivity index (χ3n) is 3.07. The highest BCUT2D eigenvalue weighted by molar-refractivity contribution is 6.08. The van der Waals surface area contributed by atoms with Crippen molar-refractivity contribution in [3.8, 4) is 0 Å². The summed E-state index contributed by atoms with van der Waals surface area (Å²) in [7, 11) is 0. The molecule has 4 N–H and O–H groups in total. The lowest BCUT2D eigenvalue weighted by atomic mass is 10.1. The summed E-state index contributed by atoms with van der Waals surface area (Å²) in [6, 6.07) is 6.82. The number of hydrogen-bond acceptors (Lipinski definition) is 4. The molecule has 2 amide bonds. The minimum atomic E-state index is -0.307. The molecule has 0 aliphatic rings. The van der Waals surface area contributed by atoms with E-state index < -0.39 is 0 Å². The van der Waals surface area contributed by atoms with Gasteiger partial charge in [0.25, 0.3) is 11.8 Å².